The number of carbonyl (C=O) groups excluding carboxylic acids is 2. The first-order valence-corrected chi connectivity index (χ1v) is 15.6. The Hall–Kier alpha value is -2.10. The van der Waals surface area contributed by atoms with Gasteiger partial charge in [0.05, 0.1) is 11.9 Å². The lowest BCUT2D eigenvalue weighted by atomic mass is 9.95. The van der Waals surface area contributed by atoms with Crippen molar-refractivity contribution in [3.63, 3.8) is 0 Å². The van der Waals surface area contributed by atoms with Gasteiger partial charge in [0.2, 0.25) is 21.8 Å². The standard InChI is InChI=1S/C27H35BrClN3O4S/c1-20(27(34)30-24-7-4-3-5-8-24)31(19-21-10-12-22(28)13-11-21)26(33)9-6-18-32(37(2,35)36)25-16-14-23(29)15-17-25/h10-17,20,24H,3-9,18-19H2,1-2H3,(H,30,34)/t20-/m0/s1. The molecule has 202 valence electrons. The monoisotopic (exact) mass is 611 g/mol. The average Bonchev–Trinajstić information content (AvgIpc) is 2.86. The number of hydrogen-bond acceptors (Lipinski definition) is 4. The Morgan fingerprint density at radius 3 is 2.27 bits per heavy atom. The molecule has 0 saturated heterocycles. The zero-order valence-electron chi connectivity index (χ0n) is 21.3. The highest BCUT2D eigenvalue weighted by Gasteiger charge is 2.28. The van der Waals surface area contributed by atoms with Crippen LogP contribution in [0.3, 0.4) is 0 Å². The van der Waals surface area contributed by atoms with Crippen molar-refractivity contribution in [2.24, 2.45) is 0 Å². The first-order valence-electron chi connectivity index (χ1n) is 12.6. The van der Waals surface area contributed by atoms with E-state index in [1.165, 1.54) is 10.7 Å². The highest BCUT2D eigenvalue weighted by molar-refractivity contribution is 9.10. The van der Waals surface area contributed by atoms with Gasteiger partial charge in [0.15, 0.2) is 0 Å². The van der Waals surface area contributed by atoms with Crippen molar-refractivity contribution in [1.82, 2.24) is 10.2 Å². The summed E-state index contributed by atoms with van der Waals surface area (Å²) < 4.78 is 27.0. The third kappa shape index (κ3) is 9.00. The summed E-state index contributed by atoms with van der Waals surface area (Å²) in [5, 5.41) is 3.64. The molecule has 1 N–H and O–H groups in total. The first kappa shape index (κ1) is 29.5. The third-order valence-electron chi connectivity index (χ3n) is 6.65. The molecule has 2 aromatic carbocycles. The molecule has 0 heterocycles. The maximum atomic E-state index is 13.4. The molecule has 0 unspecified atom stereocenters. The van der Waals surface area contributed by atoms with Crippen molar-refractivity contribution < 1.29 is 18.0 Å². The van der Waals surface area contributed by atoms with Gasteiger partial charge in [-0.1, -0.05) is 58.9 Å². The Morgan fingerprint density at radius 2 is 1.68 bits per heavy atom. The number of nitrogens with one attached hydrogen (secondary N) is 1. The topological polar surface area (TPSA) is 86.8 Å². The molecule has 0 radical (unpaired) electrons. The number of hydrogen-bond donors (Lipinski definition) is 1. The zero-order valence-corrected chi connectivity index (χ0v) is 24.5. The zero-order chi connectivity index (χ0) is 27.0. The molecule has 3 rings (SSSR count). The van der Waals surface area contributed by atoms with Crippen LogP contribution in [0.5, 0.6) is 0 Å². The van der Waals surface area contributed by atoms with E-state index >= 15 is 0 Å². The second-order valence-electron chi connectivity index (χ2n) is 9.58. The number of sulfonamides is 1. The molecular weight excluding hydrogens is 578 g/mol. The molecule has 7 nitrogen and oxygen atoms in total. The molecule has 37 heavy (non-hydrogen) atoms. The van der Waals surface area contributed by atoms with Gasteiger partial charge in [-0.25, -0.2) is 8.42 Å². The highest BCUT2D eigenvalue weighted by Crippen LogP contribution is 2.22. The summed E-state index contributed by atoms with van der Waals surface area (Å²) in [5.41, 5.74) is 1.40. The van der Waals surface area contributed by atoms with E-state index in [0.29, 0.717) is 23.7 Å². The molecule has 2 amide bonds. The van der Waals surface area contributed by atoms with Crippen LogP contribution >= 0.6 is 27.5 Å². The molecule has 10 heteroatoms. The molecule has 1 saturated carbocycles. The largest absolute Gasteiger partial charge is 0.352 e. The summed E-state index contributed by atoms with van der Waals surface area (Å²) in [7, 11) is -3.55. The third-order valence-corrected chi connectivity index (χ3v) is 8.63. The Morgan fingerprint density at radius 1 is 1.05 bits per heavy atom. The Balaban J connectivity index is 1.70. The summed E-state index contributed by atoms with van der Waals surface area (Å²) in [6, 6.07) is 13.7. The van der Waals surface area contributed by atoms with Crippen LogP contribution in [0.25, 0.3) is 0 Å². The number of halogens is 2. The fourth-order valence-corrected chi connectivity index (χ4v) is 5.90. The van der Waals surface area contributed by atoms with E-state index < -0.39 is 16.1 Å². The van der Waals surface area contributed by atoms with E-state index in [2.05, 4.69) is 21.2 Å². The van der Waals surface area contributed by atoms with Gasteiger partial charge in [0.1, 0.15) is 6.04 Å². The first-order chi connectivity index (χ1) is 17.5. The lowest BCUT2D eigenvalue weighted by Crippen LogP contribution is -2.50. The van der Waals surface area contributed by atoms with Gasteiger partial charge in [0.25, 0.3) is 0 Å². The summed E-state index contributed by atoms with van der Waals surface area (Å²) in [4.78, 5) is 28.1. The van der Waals surface area contributed by atoms with Crippen molar-refractivity contribution in [1.29, 1.82) is 0 Å². The molecule has 1 aliphatic rings. The Labute approximate surface area is 233 Å². The van der Waals surface area contributed by atoms with Crippen LogP contribution in [-0.2, 0) is 26.2 Å². The van der Waals surface area contributed by atoms with E-state index in [0.717, 1.165) is 42.0 Å². The van der Waals surface area contributed by atoms with Crippen molar-refractivity contribution in [2.45, 2.75) is 70.5 Å². The van der Waals surface area contributed by atoms with E-state index in [4.69, 9.17) is 11.6 Å². The lowest BCUT2D eigenvalue weighted by molar-refractivity contribution is -0.141. The number of carbonyl (C=O) groups is 2. The van der Waals surface area contributed by atoms with Crippen molar-refractivity contribution >= 4 is 55.1 Å². The highest BCUT2D eigenvalue weighted by atomic mass is 79.9. The van der Waals surface area contributed by atoms with Gasteiger partial charge >= 0.3 is 0 Å². The Kier molecular flexibility index (Phi) is 10.8. The summed E-state index contributed by atoms with van der Waals surface area (Å²) in [5.74, 6) is -0.352. The van der Waals surface area contributed by atoms with Gasteiger partial charge in [-0.15, -0.1) is 0 Å². The minimum atomic E-state index is -3.55. The average molecular weight is 613 g/mol. The predicted octanol–water partition coefficient (Wildman–Crippen LogP) is 5.51. The van der Waals surface area contributed by atoms with Crippen LogP contribution in [-0.4, -0.2) is 50.0 Å². The van der Waals surface area contributed by atoms with Crippen LogP contribution in [0.4, 0.5) is 5.69 Å². The molecule has 1 fully saturated rings. The molecular formula is C27H35BrClN3O4S. The van der Waals surface area contributed by atoms with E-state index in [1.807, 2.05) is 24.3 Å². The molecule has 0 spiro atoms. The minimum absolute atomic E-state index is 0.108. The van der Waals surface area contributed by atoms with Crippen LogP contribution in [0, 0.1) is 0 Å². The normalized spacial score (nSPS) is 15.1. The fraction of sp³-hybridized carbons (Fsp3) is 0.481. The molecule has 1 atom stereocenters. The van der Waals surface area contributed by atoms with Gasteiger partial charge in [0, 0.05) is 35.0 Å². The molecule has 0 aromatic heterocycles. The van der Waals surface area contributed by atoms with Crippen LogP contribution < -0.4 is 9.62 Å². The smallest absolute Gasteiger partial charge is 0.242 e. The van der Waals surface area contributed by atoms with Crippen LogP contribution in [0.1, 0.15) is 57.4 Å². The second kappa shape index (κ2) is 13.6. The van der Waals surface area contributed by atoms with Gasteiger partial charge in [-0.05, 0) is 68.1 Å². The summed E-state index contributed by atoms with van der Waals surface area (Å²) in [6.45, 7) is 2.19. The SMILES string of the molecule is C[C@@H](C(=O)NC1CCCCC1)N(Cc1ccc(Br)cc1)C(=O)CCCN(c1ccc(Cl)cc1)S(C)(=O)=O. The molecule has 0 aliphatic heterocycles. The van der Waals surface area contributed by atoms with Gasteiger partial charge in [-0.3, -0.25) is 13.9 Å². The van der Waals surface area contributed by atoms with Gasteiger partial charge in [-0.2, -0.15) is 0 Å². The van der Waals surface area contributed by atoms with Crippen LogP contribution in [0.2, 0.25) is 5.02 Å². The summed E-state index contributed by atoms with van der Waals surface area (Å²) in [6.07, 6.45) is 6.88. The fourth-order valence-electron chi connectivity index (χ4n) is 4.55. The van der Waals surface area contributed by atoms with E-state index in [-0.39, 0.29) is 30.8 Å². The van der Waals surface area contributed by atoms with Crippen molar-refractivity contribution in [3.8, 4) is 0 Å². The molecule has 0 bridgehead atoms. The molecule has 1 aliphatic carbocycles. The number of amides is 2. The van der Waals surface area contributed by atoms with Crippen molar-refractivity contribution in [3.05, 3.63) is 63.6 Å². The van der Waals surface area contributed by atoms with Gasteiger partial charge < -0.3 is 10.2 Å². The predicted molar refractivity (Wildman–Crippen MR) is 152 cm³/mol. The Bertz CT molecular complexity index is 1150. The number of rotatable bonds is 11. The van der Waals surface area contributed by atoms with E-state index in [1.54, 1.807) is 36.1 Å². The maximum Gasteiger partial charge on any atom is 0.242 e. The van der Waals surface area contributed by atoms with Crippen molar-refractivity contribution in [2.75, 3.05) is 17.1 Å². The number of anilines is 1. The van der Waals surface area contributed by atoms with E-state index in [9.17, 15) is 18.0 Å². The second-order valence-corrected chi connectivity index (χ2v) is 12.8. The molecule has 2 aromatic rings. The number of benzene rings is 2. The minimum Gasteiger partial charge on any atom is -0.352 e. The maximum absolute atomic E-state index is 13.4. The summed E-state index contributed by atoms with van der Waals surface area (Å²) >= 11 is 9.38. The van der Waals surface area contributed by atoms with Crippen LogP contribution in [0.15, 0.2) is 53.0 Å². The lowest BCUT2D eigenvalue weighted by Gasteiger charge is -2.31. The number of nitrogens with zero attached hydrogens (tertiary/aromatic N) is 2. The quantitative estimate of drug-likeness (QED) is 0.362.